The summed E-state index contributed by atoms with van der Waals surface area (Å²) < 4.78 is 24.8. The van der Waals surface area contributed by atoms with Crippen LogP contribution in [-0.4, -0.2) is 40.5 Å². The normalized spacial score (nSPS) is 18.9. The van der Waals surface area contributed by atoms with Crippen LogP contribution in [0.15, 0.2) is 36.4 Å². The number of nitrogens with one attached hydrogen (secondary N) is 1. The van der Waals surface area contributed by atoms with Crippen molar-refractivity contribution in [3.05, 3.63) is 53.6 Å². The van der Waals surface area contributed by atoms with Gasteiger partial charge in [0, 0.05) is 6.54 Å². The van der Waals surface area contributed by atoms with E-state index < -0.39 is 0 Å². The number of likely N-dealkylation sites (tertiary alicyclic amines) is 1. The number of carbonyl (C=O) groups excluding carboxylic acids is 1. The highest BCUT2D eigenvalue weighted by Gasteiger charge is 2.34. The Morgan fingerprint density at radius 2 is 2.11 bits per heavy atom. The van der Waals surface area contributed by atoms with E-state index in [-0.39, 0.29) is 17.8 Å². The second kappa shape index (κ2) is 6.26. The molecule has 2 aliphatic rings. The average molecular weight is 367 g/mol. The number of nitrogens with zero attached hydrogens (tertiary/aromatic N) is 2. The second-order valence-corrected chi connectivity index (χ2v) is 6.77. The molecule has 0 bridgehead atoms. The minimum absolute atomic E-state index is 0.105. The Labute approximate surface area is 154 Å². The Bertz CT molecular complexity index is 1030. The van der Waals surface area contributed by atoms with Crippen LogP contribution in [0.4, 0.5) is 4.39 Å². The Kier molecular flexibility index (Phi) is 3.74. The SMILES string of the molecule is O=C(c1cccc2c1OCCO2)N1CCCC1c1nc2ccc(F)cc2[nH]1. The van der Waals surface area contributed by atoms with Crippen molar-refractivity contribution >= 4 is 16.9 Å². The molecule has 138 valence electrons. The lowest BCUT2D eigenvalue weighted by atomic mass is 10.1. The molecular formula is C20H18FN3O3. The number of imidazole rings is 1. The van der Waals surface area contributed by atoms with Gasteiger partial charge in [-0.05, 0) is 43.2 Å². The van der Waals surface area contributed by atoms with Gasteiger partial charge in [-0.1, -0.05) is 6.07 Å². The van der Waals surface area contributed by atoms with Crippen LogP contribution >= 0.6 is 0 Å². The van der Waals surface area contributed by atoms with Crippen molar-refractivity contribution in [2.75, 3.05) is 19.8 Å². The zero-order valence-corrected chi connectivity index (χ0v) is 14.6. The molecule has 6 nitrogen and oxygen atoms in total. The monoisotopic (exact) mass is 367 g/mol. The molecule has 1 amide bonds. The lowest BCUT2D eigenvalue weighted by molar-refractivity contribution is 0.0720. The van der Waals surface area contributed by atoms with Gasteiger partial charge in [-0.25, -0.2) is 9.37 Å². The molecule has 2 aromatic carbocycles. The molecule has 2 aliphatic heterocycles. The fraction of sp³-hybridized carbons (Fsp3) is 0.300. The third kappa shape index (κ3) is 2.70. The molecule has 1 N–H and O–H groups in total. The van der Waals surface area contributed by atoms with E-state index in [2.05, 4.69) is 9.97 Å². The molecule has 1 saturated heterocycles. The molecule has 1 aromatic heterocycles. The quantitative estimate of drug-likeness (QED) is 0.753. The number of halogens is 1. The van der Waals surface area contributed by atoms with Crippen LogP contribution < -0.4 is 9.47 Å². The number of aromatic amines is 1. The predicted molar refractivity (Wildman–Crippen MR) is 96.5 cm³/mol. The molecule has 0 aliphatic carbocycles. The number of hydrogen-bond donors (Lipinski definition) is 1. The van der Waals surface area contributed by atoms with Gasteiger partial charge in [0.2, 0.25) is 0 Å². The summed E-state index contributed by atoms with van der Waals surface area (Å²) in [5, 5.41) is 0. The molecule has 1 fully saturated rings. The van der Waals surface area contributed by atoms with Gasteiger partial charge >= 0.3 is 0 Å². The highest BCUT2D eigenvalue weighted by Crippen LogP contribution is 2.38. The van der Waals surface area contributed by atoms with Gasteiger partial charge in [0.15, 0.2) is 11.5 Å². The van der Waals surface area contributed by atoms with E-state index in [1.807, 2.05) is 4.90 Å². The van der Waals surface area contributed by atoms with Crippen LogP contribution in [0.25, 0.3) is 11.0 Å². The van der Waals surface area contributed by atoms with E-state index in [4.69, 9.17) is 9.47 Å². The minimum Gasteiger partial charge on any atom is -0.486 e. The molecule has 0 spiro atoms. The summed E-state index contributed by atoms with van der Waals surface area (Å²) in [4.78, 5) is 22.8. The van der Waals surface area contributed by atoms with Gasteiger partial charge < -0.3 is 19.4 Å². The third-order valence-corrected chi connectivity index (χ3v) is 5.09. The largest absolute Gasteiger partial charge is 0.486 e. The Hall–Kier alpha value is -3.09. The number of benzene rings is 2. The summed E-state index contributed by atoms with van der Waals surface area (Å²) in [5.41, 5.74) is 1.83. The van der Waals surface area contributed by atoms with Crippen LogP contribution in [0.2, 0.25) is 0 Å². The van der Waals surface area contributed by atoms with E-state index in [9.17, 15) is 9.18 Å². The summed E-state index contributed by atoms with van der Waals surface area (Å²) in [6.07, 6.45) is 1.69. The van der Waals surface area contributed by atoms with Crippen molar-refractivity contribution < 1.29 is 18.7 Å². The third-order valence-electron chi connectivity index (χ3n) is 5.09. The first-order valence-corrected chi connectivity index (χ1v) is 9.05. The molecule has 0 radical (unpaired) electrons. The first-order valence-electron chi connectivity index (χ1n) is 9.05. The minimum atomic E-state index is -0.315. The highest BCUT2D eigenvalue weighted by atomic mass is 19.1. The first kappa shape index (κ1) is 16.1. The van der Waals surface area contributed by atoms with Crippen molar-refractivity contribution in [2.45, 2.75) is 18.9 Å². The summed E-state index contributed by atoms with van der Waals surface area (Å²) in [7, 11) is 0. The number of H-pyrrole nitrogens is 1. The predicted octanol–water partition coefficient (Wildman–Crippen LogP) is 3.45. The van der Waals surface area contributed by atoms with Crippen LogP contribution in [-0.2, 0) is 0 Å². The van der Waals surface area contributed by atoms with Crippen molar-refractivity contribution in [3.8, 4) is 11.5 Å². The Morgan fingerprint density at radius 3 is 3.04 bits per heavy atom. The van der Waals surface area contributed by atoms with E-state index in [0.717, 1.165) is 12.8 Å². The van der Waals surface area contributed by atoms with Gasteiger partial charge in [-0.3, -0.25) is 4.79 Å². The fourth-order valence-electron chi connectivity index (χ4n) is 3.85. The molecule has 0 saturated carbocycles. The number of rotatable bonds is 2. The zero-order valence-electron chi connectivity index (χ0n) is 14.6. The molecule has 27 heavy (non-hydrogen) atoms. The standard InChI is InChI=1S/C20H18FN3O3/c21-12-6-7-14-15(11-12)23-19(22-14)16-4-2-8-24(16)20(25)13-3-1-5-17-18(13)27-10-9-26-17/h1,3,5-7,11,16H,2,4,8-10H2,(H,22,23). The van der Waals surface area contributed by atoms with Gasteiger partial charge in [0.25, 0.3) is 5.91 Å². The van der Waals surface area contributed by atoms with Crippen LogP contribution in [0.5, 0.6) is 11.5 Å². The molecular weight excluding hydrogens is 349 g/mol. The molecule has 5 rings (SSSR count). The average Bonchev–Trinajstić information content (AvgIpc) is 3.33. The Morgan fingerprint density at radius 1 is 1.22 bits per heavy atom. The van der Waals surface area contributed by atoms with Crippen LogP contribution in [0.1, 0.15) is 35.1 Å². The topological polar surface area (TPSA) is 67.5 Å². The number of para-hydroxylation sites is 1. The number of carbonyl (C=O) groups is 1. The van der Waals surface area contributed by atoms with E-state index in [0.29, 0.717) is 53.7 Å². The van der Waals surface area contributed by atoms with Crippen molar-refractivity contribution in [1.29, 1.82) is 0 Å². The zero-order chi connectivity index (χ0) is 18.4. The summed E-state index contributed by atoms with van der Waals surface area (Å²) in [6.45, 7) is 1.54. The van der Waals surface area contributed by atoms with Gasteiger partial charge in [-0.15, -0.1) is 0 Å². The molecule has 3 heterocycles. The molecule has 7 heteroatoms. The number of ether oxygens (including phenoxy) is 2. The van der Waals surface area contributed by atoms with Crippen molar-refractivity contribution in [2.24, 2.45) is 0 Å². The first-order chi connectivity index (χ1) is 13.2. The summed E-state index contributed by atoms with van der Waals surface area (Å²) in [6, 6.07) is 9.65. The summed E-state index contributed by atoms with van der Waals surface area (Å²) in [5.74, 6) is 1.37. The fourth-order valence-corrected chi connectivity index (χ4v) is 3.85. The van der Waals surface area contributed by atoms with E-state index in [1.165, 1.54) is 12.1 Å². The maximum atomic E-state index is 13.5. The lowest BCUT2D eigenvalue weighted by Crippen LogP contribution is -2.32. The molecule has 1 unspecified atom stereocenters. The number of hydrogen-bond acceptors (Lipinski definition) is 4. The van der Waals surface area contributed by atoms with Crippen LogP contribution in [0, 0.1) is 5.82 Å². The maximum absolute atomic E-state index is 13.5. The van der Waals surface area contributed by atoms with E-state index in [1.54, 1.807) is 24.3 Å². The molecule has 3 aromatic rings. The molecule has 1 atom stereocenters. The van der Waals surface area contributed by atoms with Gasteiger partial charge in [0.1, 0.15) is 24.9 Å². The number of amides is 1. The van der Waals surface area contributed by atoms with Crippen LogP contribution in [0.3, 0.4) is 0 Å². The summed E-state index contributed by atoms with van der Waals surface area (Å²) >= 11 is 0. The number of fused-ring (bicyclic) bond motifs is 2. The second-order valence-electron chi connectivity index (χ2n) is 6.77. The smallest absolute Gasteiger partial charge is 0.258 e. The van der Waals surface area contributed by atoms with Crippen molar-refractivity contribution in [1.82, 2.24) is 14.9 Å². The van der Waals surface area contributed by atoms with E-state index >= 15 is 0 Å². The Balaban J connectivity index is 1.49. The highest BCUT2D eigenvalue weighted by molar-refractivity contribution is 5.98. The lowest BCUT2D eigenvalue weighted by Gasteiger charge is -2.26. The maximum Gasteiger partial charge on any atom is 0.258 e. The number of aromatic nitrogens is 2. The van der Waals surface area contributed by atoms with Gasteiger partial charge in [0.05, 0.1) is 22.6 Å². The van der Waals surface area contributed by atoms with Gasteiger partial charge in [-0.2, -0.15) is 0 Å². The van der Waals surface area contributed by atoms with Crippen molar-refractivity contribution in [3.63, 3.8) is 0 Å².